The summed E-state index contributed by atoms with van der Waals surface area (Å²) >= 11 is 3.27. The molecule has 2 aromatic rings. The predicted molar refractivity (Wildman–Crippen MR) is 86.1 cm³/mol. The summed E-state index contributed by atoms with van der Waals surface area (Å²) in [5.74, 6) is 0.118. The van der Waals surface area contributed by atoms with Crippen LogP contribution in [-0.2, 0) is 16.1 Å². The van der Waals surface area contributed by atoms with Gasteiger partial charge in [-0.1, -0.05) is 0 Å². The zero-order valence-corrected chi connectivity index (χ0v) is 14.3. The van der Waals surface area contributed by atoms with E-state index >= 15 is 0 Å². The number of methoxy groups -OCH3 is 1. The average molecular weight is 382 g/mol. The van der Waals surface area contributed by atoms with Crippen molar-refractivity contribution in [1.29, 1.82) is 0 Å². The van der Waals surface area contributed by atoms with Crippen molar-refractivity contribution in [2.75, 3.05) is 7.11 Å². The molecule has 0 radical (unpaired) electrons. The fourth-order valence-electron chi connectivity index (χ4n) is 1.80. The molecule has 1 heterocycles. The van der Waals surface area contributed by atoms with Gasteiger partial charge >= 0.3 is 5.97 Å². The van der Waals surface area contributed by atoms with Gasteiger partial charge in [0.2, 0.25) is 0 Å². The van der Waals surface area contributed by atoms with E-state index < -0.39 is 18.0 Å². The molecule has 0 spiro atoms. The smallest absolute Gasteiger partial charge is 0.340 e. The van der Waals surface area contributed by atoms with E-state index in [0.717, 1.165) is 0 Å². The van der Waals surface area contributed by atoms with Gasteiger partial charge in [-0.15, -0.1) is 0 Å². The molecule has 1 aromatic carbocycles. The van der Waals surface area contributed by atoms with Gasteiger partial charge in [0, 0.05) is 4.47 Å². The molecule has 1 atom stereocenters. The van der Waals surface area contributed by atoms with Gasteiger partial charge in [0.15, 0.2) is 6.10 Å². The van der Waals surface area contributed by atoms with Crippen LogP contribution < -0.4 is 10.1 Å². The summed E-state index contributed by atoms with van der Waals surface area (Å²) in [6.45, 7) is 1.74. The van der Waals surface area contributed by atoms with Crippen molar-refractivity contribution in [3.8, 4) is 5.75 Å². The van der Waals surface area contributed by atoms with Gasteiger partial charge in [-0.3, -0.25) is 4.79 Å². The number of esters is 1. The van der Waals surface area contributed by atoms with E-state index in [-0.39, 0.29) is 12.1 Å². The Morgan fingerprint density at radius 3 is 2.78 bits per heavy atom. The van der Waals surface area contributed by atoms with Crippen molar-refractivity contribution in [3.63, 3.8) is 0 Å². The fourth-order valence-corrected chi connectivity index (χ4v) is 2.20. The highest BCUT2D eigenvalue weighted by molar-refractivity contribution is 9.10. The number of amides is 1. The summed E-state index contributed by atoms with van der Waals surface area (Å²) < 4.78 is 15.9. The molecule has 6 nitrogen and oxygen atoms in total. The first-order valence-electron chi connectivity index (χ1n) is 6.86. The molecule has 0 aliphatic rings. The van der Waals surface area contributed by atoms with Gasteiger partial charge in [0.05, 0.1) is 25.5 Å². The quantitative estimate of drug-likeness (QED) is 0.778. The van der Waals surface area contributed by atoms with Crippen LogP contribution in [0.4, 0.5) is 0 Å². The number of benzene rings is 1. The lowest BCUT2D eigenvalue weighted by molar-refractivity contribution is -0.129. The summed E-state index contributed by atoms with van der Waals surface area (Å²) in [6.07, 6.45) is 0.584. The van der Waals surface area contributed by atoms with E-state index in [9.17, 15) is 9.59 Å². The van der Waals surface area contributed by atoms with Crippen LogP contribution >= 0.6 is 15.9 Å². The first-order valence-corrected chi connectivity index (χ1v) is 7.65. The number of hydrogen-bond acceptors (Lipinski definition) is 5. The second-order valence-corrected chi connectivity index (χ2v) is 5.54. The van der Waals surface area contributed by atoms with Gasteiger partial charge in [0.1, 0.15) is 11.5 Å². The molecular weight excluding hydrogens is 366 g/mol. The molecule has 1 amide bonds. The van der Waals surface area contributed by atoms with Crippen molar-refractivity contribution in [1.82, 2.24) is 5.32 Å². The molecule has 0 aliphatic heterocycles. The lowest BCUT2D eigenvalue weighted by Gasteiger charge is -2.14. The number of ether oxygens (including phenoxy) is 2. The predicted octanol–water partition coefficient (Wildman–Crippen LogP) is 2.91. The number of halogens is 1. The molecule has 0 aliphatic carbocycles. The number of carbonyl (C=O) groups is 2. The second kappa shape index (κ2) is 7.82. The van der Waals surface area contributed by atoms with Crippen LogP contribution in [0.25, 0.3) is 0 Å². The minimum atomic E-state index is -0.935. The molecule has 1 aromatic heterocycles. The third kappa shape index (κ3) is 4.59. The van der Waals surface area contributed by atoms with E-state index in [1.165, 1.54) is 20.3 Å². The van der Waals surface area contributed by atoms with Crippen molar-refractivity contribution >= 4 is 27.8 Å². The third-order valence-electron chi connectivity index (χ3n) is 3.06. The summed E-state index contributed by atoms with van der Waals surface area (Å²) in [7, 11) is 1.50. The summed E-state index contributed by atoms with van der Waals surface area (Å²) in [5, 5.41) is 2.63. The Kier molecular flexibility index (Phi) is 5.81. The first-order chi connectivity index (χ1) is 11.0. The maximum atomic E-state index is 12.2. The minimum absolute atomic E-state index is 0.233. The van der Waals surface area contributed by atoms with Crippen LogP contribution in [0.15, 0.2) is 45.5 Å². The largest absolute Gasteiger partial charge is 0.497 e. The Labute approximate surface area is 141 Å². The lowest BCUT2D eigenvalue weighted by atomic mass is 10.2. The van der Waals surface area contributed by atoms with Gasteiger partial charge < -0.3 is 19.2 Å². The van der Waals surface area contributed by atoms with Gasteiger partial charge in [-0.2, -0.15) is 0 Å². The number of hydrogen-bond donors (Lipinski definition) is 1. The van der Waals surface area contributed by atoms with E-state index in [0.29, 0.717) is 16.0 Å². The monoisotopic (exact) mass is 381 g/mol. The second-order valence-electron chi connectivity index (χ2n) is 4.69. The Bertz CT molecular complexity index is 684. The van der Waals surface area contributed by atoms with Crippen molar-refractivity contribution < 1.29 is 23.5 Å². The molecule has 0 fully saturated rings. The Balaban J connectivity index is 1.94. The maximum Gasteiger partial charge on any atom is 0.340 e. The molecule has 23 heavy (non-hydrogen) atoms. The standard InChI is InChI=1S/C16H16BrNO5/c1-10(15(19)18-9-12-4-3-7-22-12)23-16(20)13-8-11(21-2)5-6-14(13)17/h3-8,10H,9H2,1-2H3,(H,18,19)/t10-/m1/s1. The Morgan fingerprint density at radius 1 is 1.35 bits per heavy atom. The van der Waals surface area contributed by atoms with Gasteiger partial charge in [0.25, 0.3) is 5.91 Å². The fraction of sp³-hybridized carbons (Fsp3) is 0.250. The summed E-state index contributed by atoms with van der Waals surface area (Å²) in [5.41, 5.74) is 0.287. The highest BCUT2D eigenvalue weighted by Gasteiger charge is 2.21. The molecule has 0 bridgehead atoms. The van der Waals surface area contributed by atoms with E-state index in [2.05, 4.69) is 21.2 Å². The summed E-state index contributed by atoms with van der Waals surface area (Å²) in [6, 6.07) is 8.40. The van der Waals surface area contributed by atoms with Crippen LogP contribution in [0.1, 0.15) is 23.0 Å². The molecule has 0 saturated heterocycles. The number of carbonyl (C=O) groups excluding carboxylic acids is 2. The Hall–Kier alpha value is -2.28. The molecule has 2 rings (SSSR count). The Morgan fingerprint density at radius 2 is 2.13 bits per heavy atom. The number of furan rings is 1. The topological polar surface area (TPSA) is 77.8 Å². The van der Waals surface area contributed by atoms with Crippen LogP contribution in [0.2, 0.25) is 0 Å². The molecule has 0 saturated carbocycles. The van der Waals surface area contributed by atoms with Crippen LogP contribution in [0.5, 0.6) is 5.75 Å². The van der Waals surface area contributed by atoms with E-state index in [1.807, 2.05) is 0 Å². The number of rotatable bonds is 6. The molecule has 122 valence electrons. The van der Waals surface area contributed by atoms with Crippen molar-refractivity contribution in [2.45, 2.75) is 19.6 Å². The zero-order chi connectivity index (χ0) is 16.8. The molecule has 7 heteroatoms. The lowest BCUT2D eigenvalue weighted by Crippen LogP contribution is -2.35. The third-order valence-corrected chi connectivity index (χ3v) is 3.75. The zero-order valence-electron chi connectivity index (χ0n) is 12.7. The highest BCUT2D eigenvalue weighted by Crippen LogP contribution is 2.23. The van der Waals surface area contributed by atoms with Gasteiger partial charge in [-0.05, 0) is 53.2 Å². The van der Waals surface area contributed by atoms with Crippen LogP contribution in [0, 0.1) is 0 Å². The number of nitrogens with one attached hydrogen (secondary N) is 1. The average Bonchev–Trinajstić information content (AvgIpc) is 3.06. The van der Waals surface area contributed by atoms with Crippen molar-refractivity contribution in [3.05, 3.63) is 52.4 Å². The van der Waals surface area contributed by atoms with Crippen LogP contribution in [-0.4, -0.2) is 25.1 Å². The van der Waals surface area contributed by atoms with Crippen molar-refractivity contribution in [2.24, 2.45) is 0 Å². The SMILES string of the molecule is COc1ccc(Br)c(C(=O)O[C@H](C)C(=O)NCc2ccco2)c1. The highest BCUT2D eigenvalue weighted by atomic mass is 79.9. The molecule has 1 N–H and O–H groups in total. The molecule has 0 unspecified atom stereocenters. The first kappa shape index (κ1) is 17.1. The van der Waals surface area contributed by atoms with Gasteiger partial charge in [-0.25, -0.2) is 4.79 Å². The maximum absolute atomic E-state index is 12.2. The molecular formula is C16H16BrNO5. The van der Waals surface area contributed by atoms with E-state index in [4.69, 9.17) is 13.9 Å². The van der Waals surface area contributed by atoms with Crippen LogP contribution in [0.3, 0.4) is 0 Å². The minimum Gasteiger partial charge on any atom is -0.497 e. The normalized spacial score (nSPS) is 11.6. The van der Waals surface area contributed by atoms with E-state index in [1.54, 1.807) is 30.3 Å². The summed E-state index contributed by atoms with van der Waals surface area (Å²) in [4.78, 5) is 24.1.